The highest BCUT2D eigenvalue weighted by molar-refractivity contribution is 9.10. The van der Waals surface area contributed by atoms with E-state index < -0.39 is 0 Å². The van der Waals surface area contributed by atoms with Crippen LogP contribution in [0.25, 0.3) is 9.88 Å². The Kier molecular flexibility index (Phi) is 5.52. The molecule has 0 aliphatic heterocycles. The Labute approximate surface area is 177 Å². The second-order valence-electron chi connectivity index (χ2n) is 5.98. The van der Waals surface area contributed by atoms with Gasteiger partial charge in [0, 0.05) is 33.2 Å². The minimum Gasteiger partial charge on any atom is -0.321 e. The number of pyridine rings is 1. The molecule has 3 heterocycles. The second kappa shape index (κ2) is 8.22. The summed E-state index contributed by atoms with van der Waals surface area (Å²) in [6, 6.07) is 14.5. The van der Waals surface area contributed by atoms with Crippen molar-refractivity contribution in [3.8, 4) is 9.88 Å². The highest BCUT2D eigenvalue weighted by Gasteiger charge is 2.13. The van der Waals surface area contributed by atoms with Gasteiger partial charge in [0.05, 0.1) is 11.4 Å². The summed E-state index contributed by atoms with van der Waals surface area (Å²) in [5.74, 6) is -0.245. The number of rotatable bonds is 5. The summed E-state index contributed by atoms with van der Waals surface area (Å²) in [7, 11) is 0. The number of anilines is 1. The van der Waals surface area contributed by atoms with Crippen LogP contribution in [0.2, 0.25) is 0 Å². The van der Waals surface area contributed by atoms with Crippen molar-refractivity contribution in [2.24, 2.45) is 0 Å². The van der Waals surface area contributed by atoms with Crippen LogP contribution in [0.4, 0.5) is 5.69 Å². The number of hydrogen-bond acceptors (Lipinski definition) is 5. The monoisotopic (exact) mass is 471 g/mol. The number of nitrogens with zero attached hydrogens (tertiary/aromatic N) is 2. The number of aromatic nitrogens is 2. The van der Waals surface area contributed by atoms with Gasteiger partial charge in [-0.1, -0.05) is 18.2 Å². The maximum atomic E-state index is 12.5. The molecular weight excluding hydrogens is 458 g/mol. The summed E-state index contributed by atoms with van der Waals surface area (Å²) >= 11 is 6.45. The fourth-order valence-corrected chi connectivity index (χ4v) is 4.90. The van der Waals surface area contributed by atoms with Crippen LogP contribution in [0.15, 0.2) is 74.8 Å². The zero-order valence-corrected chi connectivity index (χ0v) is 17.7. The molecule has 0 saturated carbocycles. The summed E-state index contributed by atoms with van der Waals surface area (Å²) in [6.45, 7) is 0.486. The summed E-state index contributed by atoms with van der Waals surface area (Å²) in [6.07, 6.45) is 1.75. The standard InChI is InChI=1S/C20H14BrN3O2S2/c21-14-9-17(27-11-14)20-23-16(12-28-20)19(26)22-15-6-4-13(5-7-15)10-24-8-2-1-3-18(24)25/h1-9,11-12H,10H2,(H,22,26). The minimum atomic E-state index is -0.245. The number of benzene rings is 1. The maximum absolute atomic E-state index is 12.5. The number of halogens is 1. The average molecular weight is 472 g/mol. The smallest absolute Gasteiger partial charge is 0.275 e. The molecule has 5 nitrogen and oxygen atoms in total. The van der Waals surface area contributed by atoms with Gasteiger partial charge in [-0.25, -0.2) is 4.98 Å². The molecule has 1 N–H and O–H groups in total. The van der Waals surface area contributed by atoms with E-state index in [0.29, 0.717) is 17.9 Å². The molecule has 140 valence electrons. The molecule has 0 atom stereocenters. The molecule has 1 amide bonds. The minimum absolute atomic E-state index is 0.0445. The highest BCUT2D eigenvalue weighted by Crippen LogP contribution is 2.32. The first-order chi connectivity index (χ1) is 13.6. The molecular formula is C20H14BrN3O2S2. The lowest BCUT2D eigenvalue weighted by molar-refractivity contribution is 0.102. The van der Waals surface area contributed by atoms with Gasteiger partial charge < -0.3 is 9.88 Å². The zero-order valence-electron chi connectivity index (χ0n) is 14.5. The van der Waals surface area contributed by atoms with Crippen LogP contribution in [0.5, 0.6) is 0 Å². The van der Waals surface area contributed by atoms with Crippen molar-refractivity contribution >= 4 is 50.2 Å². The van der Waals surface area contributed by atoms with Gasteiger partial charge >= 0.3 is 0 Å². The topological polar surface area (TPSA) is 64.0 Å². The van der Waals surface area contributed by atoms with E-state index in [1.165, 1.54) is 17.4 Å². The van der Waals surface area contributed by atoms with Gasteiger partial charge in [0.25, 0.3) is 11.5 Å². The van der Waals surface area contributed by atoms with E-state index in [0.717, 1.165) is 19.9 Å². The Morgan fingerprint density at radius 2 is 1.93 bits per heavy atom. The summed E-state index contributed by atoms with van der Waals surface area (Å²) in [5, 5.41) is 7.43. The van der Waals surface area contributed by atoms with Crippen molar-refractivity contribution in [2.45, 2.75) is 6.54 Å². The first-order valence-electron chi connectivity index (χ1n) is 8.34. The van der Waals surface area contributed by atoms with Crippen molar-refractivity contribution in [1.29, 1.82) is 0 Å². The Balaban J connectivity index is 1.43. The molecule has 0 spiro atoms. The lowest BCUT2D eigenvalue weighted by atomic mass is 10.2. The Morgan fingerprint density at radius 3 is 2.64 bits per heavy atom. The molecule has 0 bridgehead atoms. The van der Waals surface area contributed by atoms with Crippen LogP contribution < -0.4 is 10.9 Å². The maximum Gasteiger partial charge on any atom is 0.275 e. The third-order valence-electron chi connectivity index (χ3n) is 3.98. The van der Waals surface area contributed by atoms with E-state index in [1.807, 2.05) is 41.8 Å². The number of hydrogen-bond donors (Lipinski definition) is 1. The van der Waals surface area contributed by atoms with Gasteiger partial charge in [-0.2, -0.15) is 0 Å². The van der Waals surface area contributed by atoms with E-state index in [1.54, 1.807) is 33.5 Å². The molecule has 8 heteroatoms. The van der Waals surface area contributed by atoms with Crippen molar-refractivity contribution in [3.63, 3.8) is 0 Å². The van der Waals surface area contributed by atoms with Crippen LogP contribution in [0, 0.1) is 0 Å². The van der Waals surface area contributed by atoms with Gasteiger partial charge in [-0.3, -0.25) is 9.59 Å². The molecule has 0 fully saturated rings. The van der Waals surface area contributed by atoms with Crippen LogP contribution in [0.1, 0.15) is 16.1 Å². The number of thiophene rings is 1. The van der Waals surface area contributed by atoms with Crippen molar-refractivity contribution < 1.29 is 4.79 Å². The number of carbonyl (C=O) groups excluding carboxylic acids is 1. The van der Waals surface area contributed by atoms with E-state index in [-0.39, 0.29) is 11.5 Å². The third-order valence-corrected chi connectivity index (χ3v) is 6.68. The molecule has 4 rings (SSSR count). The summed E-state index contributed by atoms with van der Waals surface area (Å²) in [5.41, 5.74) is 2.01. The van der Waals surface area contributed by atoms with Gasteiger partial charge in [0.2, 0.25) is 0 Å². The number of amides is 1. The SMILES string of the molecule is O=C(Nc1ccc(Cn2ccccc2=O)cc1)c1csc(-c2cc(Br)cs2)n1. The lowest BCUT2D eigenvalue weighted by Gasteiger charge is -2.07. The van der Waals surface area contributed by atoms with E-state index in [9.17, 15) is 9.59 Å². The molecule has 3 aromatic heterocycles. The van der Waals surface area contributed by atoms with E-state index in [4.69, 9.17) is 0 Å². The number of nitrogens with one attached hydrogen (secondary N) is 1. The summed E-state index contributed by atoms with van der Waals surface area (Å²) in [4.78, 5) is 29.7. The molecule has 1 aromatic carbocycles. The summed E-state index contributed by atoms with van der Waals surface area (Å²) < 4.78 is 2.64. The van der Waals surface area contributed by atoms with E-state index in [2.05, 4.69) is 26.2 Å². The average Bonchev–Trinajstić information content (AvgIpc) is 3.34. The Hall–Kier alpha value is -2.55. The Morgan fingerprint density at radius 1 is 1.11 bits per heavy atom. The number of thiazole rings is 1. The fraction of sp³-hybridized carbons (Fsp3) is 0.0500. The number of carbonyl (C=O) groups is 1. The van der Waals surface area contributed by atoms with Crippen LogP contribution in [-0.2, 0) is 6.54 Å². The van der Waals surface area contributed by atoms with Crippen LogP contribution in [0.3, 0.4) is 0 Å². The van der Waals surface area contributed by atoms with Gasteiger partial charge in [0.15, 0.2) is 0 Å². The molecule has 4 aromatic rings. The Bertz CT molecular complexity index is 1180. The molecule has 0 aliphatic rings. The molecule has 0 unspecified atom stereocenters. The van der Waals surface area contributed by atoms with Gasteiger partial charge in [0.1, 0.15) is 10.7 Å². The lowest BCUT2D eigenvalue weighted by Crippen LogP contribution is -2.18. The first kappa shape index (κ1) is 18.8. The molecule has 0 saturated heterocycles. The van der Waals surface area contributed by atoms with E-state index >= 15 is 0 Å². The van der Waals surface area contributed by atoms with Crippen molar-refractivity contribution in [3.05, 3.63) is 91.6 Å². The van der Waals surface area contributed by atoms with Crippen LogP contribution >= 0.6 is 38.6 Å². The van der Waals surface area contributed by atoms with Gasteiger partial charge in [-0.05, 0) is 45.8 Å². The quantitative estimate of drug-likeness (QED) is 0.440. The second-order valence-corrected chi connectivity index (χ2v) is 8.67. The molecule has 0 aliphatic carbocycles. The fourth-order valence-electron chi connectivity index (χ4n) is 2.59. The largest absolute Gasteiger partial charge is 0.321 e. The normalized spacial score (nSPS) is 10.8. The van der Waals surface area contributed by atoms with Crippen molar-refractivity contribution in [2.75, 3.05) is 5.32 Å². The van der Waals surface area contributed by atoms with Gasteiger partial charge in [-0.15, -0.1) is 22.7 Å². The first-order valence-corrected chi connectivity index (χ1v) is 10.9. The highest BCUT2D eigenvalue weighted by atomic mass is 79.9. The predicted octanol–water partition coefficient (Wildman–Crippen LogP) is 5.10. The van der Waals surface area contributed by atoms with Crippen LogP contribution in [-0.4, -0.2) is 15.5 Å². The molecule has 28 heavy (non-hydrogen) atoms. The van der Waals surface area contributed by atoms with Crippen molar-refractivity contribution in [1.82, 2.24) is 9.55 Å². The zero-order chi connectivity index (χ0) is 19.5. The third kappa shape index (κ3) is 4.30. The molecule has 0 radical (unpaired) electrons. The predicted molar refractivity (Wildman–Crippen MR) is 117 cm³/mol.